The molecule has 0 aliphatic rings. The SMILES string of the molecule is CC(=O)COC(=O)C(O)C(O)C(=O)OCC(C)=O. The first-order valence-corrected chi connectivity index (χ1v) is 4.94. The Hall–Kier alpha value is -1.80. The number of esters is 2. The predicted molar refractivity (Wildman–Crippen MR) is 55.3 cm³/mol. The van der Waals surface area contributed by atoms with E-state index in [4.69, 9.17) is 0 Å². The number of carbonyl (C=O) groups is 4. The third-order valence-electron chi connectivity index (χ3n) is 1.62. The van der Waals surface area contributed by atoms with Crippen LogP contribution in [0.5, 0.6) is 0 Å². The maximum atomic E-state index is 11.1. The van der Waals surface area contributed by atoms with Gasteiger partial charge in [0.1, 0.15) is 13.2 Å². The van der Waals surface area contributed by atoms with Crippen LogP contribution in [0.15, 0.2) is 0 Å². The van der Waals surface area contributed by atoms with E-state index in [0.717, 1.165) is 13.8 Å². The number of aliphatic hydroxyl groups is 2. The molecule has 0 heterocycles. The number of carbonyl (C=O) groups excluding carboxylic acids is 4. The first kappa shape index (κ1) is 16.2. The van der Waals surface area contributed by atoms with E-state index in [1.165, 1.54) is 0 Å². The monoisotopic (exact) mass is 262 g/mol. The Morgan fingerprint density at radius 3 is 1.33 bits per heavy atom. The zero-order chi connectivity index (χ0) is 14.3. The fourth-order valence-electron chi connectivity index (χ4n) is 0.774. The van der Waals surface area contributed by atoms with Gasteiger partial charge >= 0.3 is 11.9 Å². The Morgan fingerprint density at radius 2 is 1.11 bits per heavy atom. The van der Waals surface area contributed by atoms with Gasteiger partial charge in [-0.15, -0.1) is 0 Å². The van der Waals surface area contributed by atoms with E-state index in [0.29, 0.717) is 0 Å². The summed E-state index contributed by atoms with van der Waals surface area (Å²) in [6.45, 7) is 1.14. The van der Waals surface area contributed by atoms with E-state index in [-0.39, 0.29) is 0 Å². The Labute approximate surface area is 102 Å². The van der Waals surface area contributed by atoms with Crippen molar-refractivity contribution < 1.29 is 38.9 Å². The van der Waals surface area contributed by atoms with Crippen LogP contribution in [0.3, 0.4) is 0 Å². The van der Waals surface area contributed by atoms with Gasteiger partial charge in [0.25, 0.3) is 0 Å². The van der Waals surface area contributed by atoms with Crippen LogP contribution in [0.25, 0.3) is 0 Å². The predicted octanol–water partition coefficient (Wildman–Crippen LogP) is -2.03. The van der Waals surface area contributed by atoms with Crippen molar-refractivity contribution in [1.29, 1.82) is 0 Å². The Kier molecular flexibility index (Phi) is 6.76. The molecule has 0 rings (SSSR count). The zero-order valence-electron chi connectivity index (χ0n) is 9.91. The van der Waals surface area contributed by atoms with E-state index in [1.54, 1.807) is 0 Å². The average Bonchev–Trinajstić information content (AvgIpc) is 2.30. The summed E-state index contributed by atoms with van der Waals surface area (Å²) in [5, 5.41) is 18.4. The number of hydrogen-bond donors (Lipinski definition) is 2. The highest BCUT2D eigenvalue weighted by Gasteiger charge is 2.33. The smallest absolute Gasteiger partial charge is 0.338 e. The molecule has 2 N–H and O–H groups in total. The van der Waals surface area contributed by atoms with E-state index in [2.05, 4.69) is 9.47 Å². The fourth-order valence-corrected chi connectivity index (χ4v) is 0.774. The van der Waals surface area contributed by atoms with E-state index in [1.807, 2.05) is 0 Å². The quantitative estimate of drug-likeness (QED) is 0.503. The Morgan fingerprint density at radius 1 is 0.833 bits per heavy atom. The normalized spacial score (nSPS) is 13.3. The maximum absolute atomic E-state index is 11.1. The standard InChI is InChI=1S/C10H14O8/c1-5(11)3-17-9(15)7(13)8(14)10(16)18-4-6(2)12/h7-8,13-14H,3-4H2,1-2H3. The van der Waals surface area contributed by atoms with Gasteiger partial charge < -0.3 is 19.7 Å². The molecule has 8 heteroatoms. The van der Waals surface area contributed by atoms with Gasteiger partial charge in [-0.25, -0.2) is 9.59 Å². The first-order valence-electron chi connectivity index (χ1n) is 4.94. The molecular weight excluding hydrogens is 248 g/mol. The van der Waals surface area contributed by atoms with Crippen LogP contribution in [-0.2, 0) is 28.7 Å². The molecule has 2 atom stereocenters. The first-order chi connectivity index (χ1) is 8.25. The molecule has 8 nitrogen and oxygen atoms in total. The van der Waals surface area contributed by atoms with Gasteiger partial charge in [0, 0.05) is 0 Å². The maximum Gasteiger partial charge on any atom is 0.338 e. The molecule has 0 aromatic heterocycles. The van der Waals surface area contributed by atoms with Gasteiger partial charge in [-0.05, 0) is 13.8 Å². The van der Waals surface area contributed by atoms with Crippen molar-refractivity contribution >= 4 is 23.5 Å². The number of rotatable bonds is 7. The van der Waals surface area contributed by atoms with Crippen LogP contribution < -0.4 is 0 Å². The molecule has 2 unspecified atom stereocenters. The van der Waals surface area contributed by atoms with Crippen molar-refractivity contribution in [3.63, 3.8) is 0 Å². The van der Waals surface area contributed by atoms with Crippen LogP contribution in [-0.4, -0.2) is 59.1 Å². The number of hydrogen-bond acceptors (Lipinski definition) is 8. The van der Waals surface area contributed by atoms with Crippen LogP contribution in [0.4, 0.5) is 0 Å². The second kappa shape index (κ2) is 7.51. The summed E-state index contributed by atoms with van der Waals surface area (Å²) in [6, 6.07) is 0. The zero-order valence-corrected chi connectivity index (χ0v) is 9.91. The van der Waals surface area contributed by atoms with Crippen molar-refractivity contribution in [3.8, 4) is 0 Å². The van der Waals surface area contributed by atoms with Gasteiger partial charge in [0.2, 0.25) is 0 Å². The average molecular weight is 262 g/mol. The number of ether oxygens (including phenoxy) is 2. The summed E-state index contributed by atoms with van der Waals surface area (Å²) >= 11 is 0. The minimum Gasteiger partial charge on any atom is -0.456 e. The molecule has 18 heavy (non-hydrogen) atoms. The van der Waals surface area contributed by atoms with Crippen LogP contribution in [0.2, 0.25) is 0 Å². The van der Waals surface area contributed by atoms with E-state index in [9.17, 15) is 29.4 Å². The molecule has 0 fully saturated rings. The van der Waals surface area contributed by atoms with Crippen LogP contribution in [0.1, 0.15) is 13.8 Å². The molecule has 0 spiro atoms. The minimum atomic E-state index is -2.18. The summed E-state index contributed by atoms with van der Waals surface area (Å²) in [5.41, 5.74) is 0. The summed E-state index contributed by atoms with van der Waals surface area (Å²) in [7, 11) is 0. The highest BCUT2D eigenvalue weighted by molar-refractivity contribution is 5.88. The summed E-state index contributed by atoms with van der Waals surface area (Å²) in [5.74, 6) is -3.61. The van der Waals surface area contributed by atoms with Gasteiger partial charge in [-0.1, -0.05) is 0 Å². The van der Waals surface area contributed by atoms with Crippen molar-refractivity contribution in [2.75, 3.05) is 13.2 Å². The van der Waals surface area contributed by atoms with Crippen molar-refractivity contribution in [1.82, 2.24) is 0 Å². The van der Waals surface area contributed by atoms with Crippen LogP contribution >= 0.6 is 0 Å². The fraction of sp³-hybridized carbons (Fsp3) is 0.600. The van der Waals surface area contributed by atoms with Crippen molar-refractivity contribution in [2.24, 2.45) is 0 Å². The molecule has 102 valence electrons. The van der Waals surface area contributed by atoms with Gasteiger partial charge in [0.05, 0.1) is 0 Å². The van der Waals surface area contributed by atoms with Crippen molar-refractivity contribution in [2.45, 2.75) is 26.1 Å². The second-order valence-corrected chi connectivity index (χ2v) is 3.51. The lowest BCUT2D eigenvalue weighted by molar-refractivity contribution is -0.174. The van der Waals surface area contributed by atoms with Gasteiger partial charge in [-0.3, -0.25) is 9.59 Å². The van der Waals surface area contributed by atoms with Crippen molar-refractivity contribution in [3.05, 3.63) is 0 Å². The molecule has 0 saturated carbocycles. The molecule has 0 amide bonds. The van der Waals surface area contributed by atoms with Crippen LogP contribution in [0, 0.1) is 0 Å². The summed E-state index contributed by atoms with van der Waals surface area (Å²) < 4.78 is 8.58. The molecule has 0 radical (unpaired) electrons. The van der Waals surface area contributed by atoms with Gasteiger partial charge in [-0.2, -0.15) is 0 Å². The Bertz CT molecular complexity index is 314. The highest BCUT2D eigenvalue weighted by atomic mass is 16.6. The molecule has 0 bridgehead atoms. The molecule has 0 aliphatic carbocycles. The number of ketones is 2. The highest BCUT2D eigenvalue weighted by Crippen LogP contribution is 2.00. The molecule has 0 aliphatic heterocycles. The third kappa shape index (κ3) is 6.06. The molecule has 0 saturated heterocycles. The number of Topliss-reactive ketones (excluding diaryl/α,β-unsaturated/α-hetero) is 2. The lowest BCUT2D eigenvalue weighted by Gasteiger charge is -2.14. The number of aliphatic hydroxyl groups excluding tert-OH is 2. The van der Waals surface area contributed by atoms with Gasteiger partial charge in [0.15, 0.2) is 23.8 Å². The lowest BCUT2D eigenvalue weighted by Crippen LogP contribution is -2.42. The summed E-state index contributed by atoms with van der Waals surface area (Å²) in [6.07, 6.45) is -4.35. The largest absolute Gasteiger partial charge is 0.456 e. The summed E-state index contributed by atoms with van der Waals surface area (Å²) in [4.78, 5) is 43.1. The van der Waals surface area contributed by atoms with E-state index >= 15 is 0 Å². The minimum absolute atomic E-state index is 0.468. The third-order valence-corrected chi connectivity index (χ3v) is 1.62. The molecule has 0 aromatic rings. The second-order valence-electron chi connectivity index (χ2n) is 3.51. The molecule has 0 aromatic carbocycles. The lowest BCUT2D eigenvalue weighted by atomic mass is 10.2. The topological polar surface area (TPSA) is 127 Å². The Balaban J connectivity index is 4.26. The molecular formula is C10H14O8. The van der Waals surface area contributed by atoms with E-state index < -0.39 is 48.9 Å².